The Kier molecular flexibility index (Phi) is 6.43. The number of benzene rings is 1. The molecule has 2 atom stereocenters. The van der Waals surface area contributed by atoms with Gasteiger partial charge in [-0.3, -0.25) is 4.79 Å². The Labute approximate surface area is 125 Å². The Morgan fingerprint density at radius 3 is 2.65 bits per heavy atom. The minimum Gasteiger partial charge on any atom is -0.338 e. The van der Waals surface area contributed by atoms with Crippen LogP contribution in [-0.2, 0) is 11.2 Å². The third kappa shape index (κ3) is 4.18. The van der Waals surface area contributed by atoms with Crippen LogP contribution in [0.15, 0.2) is 24.3 Å². The summed E-state index contributed by atoms with van der Waals surface area (Å²) in [6.07, 6.45) is 2.34. The number of nitrogens with two attached hydrogens (primary N) is 1. The number of likely N-dealkylation sites (tertiary alicyclic amines) is 1. The summed E-state index contributed by atoms with van der Waals surface area (Å²) in [5, 5.41) is 0. The predicted octanol–water partition coefficient (Wildman–Crippen LogP) is 2.38. The molecule has 0 aliphatic carbocycles. The summed E-state index contributed by atoms with van der Waals surface area (Å²) in [7, 11) is 0. The van der Waals surface area contributed by atoms with Crippen LogP contribution in [0.2, 0.25) is 0 Å². The standard InChI is InChI=1S/C15H21FN2O.ClH/c1-11-6-7-18(14(8-11)10-17)15(19)9-12-2-4-13(16)5-3-12;/h2-5,11,14H,6-10,17H2,1H3;1H. The van der Waals surface area contributed by atoms with Gasteiger partial charge in [0.15, 0.2) is 0 Å². The lowest BCUT2D eigenvalue weighted by Gasteiger charge is -2.38. The lowest BCUT2D eigenvalue weighted by Crippen LogP contribution is -2.49. The van der Waals surface area contributed by atoms with E-state index in [-0.39, 0.29) is 30.2 Å². The van der Waals surface area contributed by atoms with Crippen LogP contribution < -0.4 is 5.73 Å². The predicted molar refractivity (Wildman–Crippen MR) is 80.3 cm³/mol. The number of rotatable bonds is 3. The zero-order valence-corrected chi connectivity index (χ0v) is 12.5. The van der Waals surface area contributed by atoms with Gasteiger partial charge in [0.2, 0.25) is 5.91 Å². The summed E-state index contributed by atoms with van der Waals surface area (Å²) >= 11 is 0. The third-order valence-electron chi connectivity index (χ3n) is 3.84. The van der Waals surface area contributed by atoms with Crippen LogP contribution in [0.1, 0.15) is 25.3 Å². The summed E-state index contributed by atoms with van der Waals surface area (Å²) in [4.78, 5) is 14.2. The first kappa shape index (κ1) is 16.9. The van der Waals surface area contributed by atoms with Crippen molar-refractivity contribution < 1.29 is 9.18 Å². The van der Waals surface area contributed by atoms with E-state index in [1.54, 1.807) is 12.1 Å². The Morgan fingerprint density at radius 1 is 1.40 bits per heavy atom. The van der Waals surface area contributed by atoms with Crippen molar-refractivity contribution in [3.63, 3.8) is 0 Å². The van der Waals surface area contributed by atoms with Gasteiger partial charge in [0, 0.05) is 19.1 Å². The fourth-order valence-corrected chi connectivity index (χ4v) is 2.68. The normalized spacial score (nSPS) is 22.2. The molecule has 2 unspecified atom stereocenters. The Balaban J connectivity index is 0.00000200. The second-order valence-electron chi connectivity index (χ2n) is 5.41. The van der Waals surface area contributed by atoms with Crippen LogP contribution in [0, 0.1) is 11.7 Å². The molecule has 0 saturated carbocycles. The van der Waals surface area contributed by atoms with Gasteiger partial charge in [0.05, 0.1) is 6.42 Å². The van der Waals surface area contributed by atoms with Crippen LogP contribution in [0.5, 0.6) is 0 Å². The van der Waals surface area contributed by atoms with Crippen LogP contribution in [-0.4, -0.2) is 29.9 Å². The molecule has 1 aliphatic rings. The van der Waals surface area contributed by atoms with Gasteiger partial charge in [0.25, 0.3) is 0 Å². The van der Waals surface area contributed by atoms with E-state index >= 15 is 0 Å². The molecule has 20 heavy (non-hydrogen) atoms. The van der Waals surface area contributed by atoms with E-state index in [1.807, 2.05) is 4.90 Å². The molecule has 1 heterocycles. The lowest BCUT2D eigenvalue weighted by molar-refractivity contribution is -0.134. The SMILES string of the molecule is CC1CCN(C(=O)Cc2ccc(F)cc2)C(CN)C1.Cl. The number of halogens is 2. The van der Waals surface area contributed by atoms with E-state index in [0.717, 1.165) is 24.9 Å². The van der Waals surface area contributed by atoms with Gasteiger partial charge < -0.3 is 10.6 Å². The zero-order chi connectivity index (χ0) is 13.8. The maximum Gasteiger partial charge on any atom is 0.227 e. The molecule has 0 spiro atoms. The first-order chi connectivity index (χ1) is 9.10. The van der Waals surface area contributed by atoms with Crippen molar-refractivity contribution in [2.24, 2.45) is 11.7 Å². The second kappa shape index (κ2) is 7.60. The van der Waals surface area contributed by atoms with Gasteiger partial charge in [-0.1, -0.05) is 19.1 Å². The monoisotopic (exact) mass is 300 g/mol. The number of carbonyl (C=O) groups is 1. The summed E-state index contributed by atoms with van der Waals surface area (Å²) in [6, 6.07) is 6.26. The van der Waals surface area contributed by atoms with Gasteiger partial charge in [-0.15, -0.1) is 12.4 Å². The zero-order valence-electron chi connectivity index (χ0n) is 11.7. The fraction of sp³-hybridized carbons (Fsp3) is 0.533. The summed E-state index contributed by atoms with van der Waals surface area (Å²) < 4.78 is 12.8. The van der Waals surface area contributed by atoms with Gasteiger partial charge in [0.1, 0.15) is 5.82 Å². The third-order valence-corrected chi connectivity index (χ3v) is 3.84. The molecule has 2 rings (SSSR count). The van der Waals surface area contributed by atoms with Crippen molar-refractivity contribution in [2.45, 2.75) is 32.2 Å². The molecule has 2 N–H and O–H groups in total. The largest absolute Gasteiger partial charge is 0.338 e. The van der Waals surface area contributed by atoms with E-state index in [9.17, 15) is 9.18 Å². The van der Waals surface area contributed by atoms with Crippen molar-refractivity contribution >= 4 is 18.3 Å². The number of piperidine rings is 1. The minimum absolute atomic E-state index is 0. The smallest absolute Gasteiger partial charge is 0.227 e. The molecule has 1 saturated heterocycles. The average molecular weight is 301 g/mol. The minimum atomic E-state index is -0.275. The highest BCUT2D eigenvalue weighted by molar-refractivity contribution is 5.85. The second-order valence-corrected chi connectivity index (χ2v) is 5.41. The first-order valence-electron chi connectivity index (χ1n) is 6.84. The molecule has 3 nitrogen and oxygen atoms in total. The summed E-state index contributed by atoms with van der Waals surface area (Å²) in [6.45, 7) is 3.49. The number of carbonyl (C=O) groups excluding carboxylic acids is 1. The van der Waals surface area contributed by atoms with Crippen molar-refractivity contribution in [3.05, 3.63) is 35.6 Å². The lowest BCUT2D eigenvalue weighted by atomic mass is 9.92. The van der Waals surface area contributed by atoms with Gasteiger partial charge in [-0.2, -0.15) is 0 Å². The summed E-state index contributed by atoms with van der Waals surface area (Å²) in [5.74, 6) is 0.445. The summed E-state index contributed by atoms with van der Waals surface area (Å²) in [5.41, 5.74) is 6.61. The number of nitrogens with zero attached hydrogens (tertiary/aromatic N) is 1. The molecule has 5 heteroatoms. The number of hydrogen-bond donors (Lipinski definition) is 1. The first-order valence-corrected chi connectivity index (χ1v) is 6.84. The van der Waals surface area contributed by atoms with E-state index in [0.29, 0.717) is 18.9 Å². The number of hydrogen-bond acceptors (Lipinski definition) is 2. The fourth-order valence-electron chi connectivity index (χ4n) is 2.68. The number of amides is 1. The van der Waals surface area contributed by atoms with Crippen LogP contribution >= 0.6 is 12.4 Å². The van der Waals surface area contributed by atoms with Gasteiger partial charge in [-0.25, -0.2) is 4.39 Å². The quantitative estimate of drug-likeness (QED) is 0.931. The van der Waals surface area contributed by atoms with Gasteiger partial charge in [-0.05, 0) is 36.5 Å². The highest BCUT2D eigenvalue weighted by Crippen LogP contribution is 2.22. The molecule has 1 amide bonds. The van der Waals surface area contributed by atoms with Crippen molar-refractivity contribution in [3.8, 4) is 0 Å². The highest BCUT2D eigenvalue weighted by atomic mass is 35.5. The topological polar surface area (TPSA) is 46.3 Å². The van der Waals surface area contributed by atoms with Crippen LogP contribution in [0.4, 0.5) is 4.39 Å². The molecule has 1 aromatic carbocycles. The molecular formula is C15H22ClFN2O. The maximum atomic E-state index is 12.8. The van der Waals surface area contributed by atoms with Crippen LogP contribution in [0.25, 0.3) is 0 Å². The Hall–Kier alpha value is -1.13. The molecule has 1 aromatic rings. The Bertz CT molecular complexity index is 438. The molecule has 0 bridgehead atoms. The van der Waals surface area contributed by atoms with E-state index in [4.69, 9.17) is 5.73 Å². The van der Waals surface area contributed by atoms with Crippen molar-refractivity contribution in [2.75, 3.05) is 13.1 Å². The molecule has 0 aromatic heterocycles. The molecule has 0 radical (unpaired) electrons. The van der Waals surface area contributed by atoms with Crippen LogP contribution in [0.3, 0.4) is 0 Å². The highest BCUT2D eigenvalue weighted by Gasteiger charge is 2.28. The van der Waals surface area contributed by atoms with E-state index in [1.165, 1.54) is 12.1 Å². The van der Waals surface area contributed by atoms with Crippen molar-refractivity contribution in [1.82, 2.24) is 4.90 Å². The Morgan fingerprint density at radius 2 is 2.05 bits per heavy atom. The molecule has 1 fully saturated rings. The molecule has 112 valence electrons. The van der Waals surface area contributed by atoms with E-state index in [2.05, 4.69) is 6.92 Å². The van der Waals surface area contributed by atoms with Crippen molar-refractivity contribution in [1.29, 1.82) is 0 Å². The van der Waals surface area contributed by atoms with Gasteiger partial charge >= 0.3 is 0 Å². The molecular weight excluding hydrogens is 279 g/mol. The van der Waals surface area contributed by atoms with E-state index < -0.39 is 0 Å². The molecule has 1 aliphatic heterocycles. The average Bonchev–Trinajstić information content (AvgIpc) is 2.41. The maximum absolute atomic E-state index is 12.8.